The predicted octanol–water partition coefficient (Wildman–Crippen LogP) is 5.95. The van der Waals surface area contributed by atoms with E-state index in [4.69, 9.17) is 9.47 Å². The molecule has 0 saturated carbocycles. The van der Waals surface area contributed by atoms with Gasteiger partial charge in [0.05, 0.1) is 24.8 Å². The number of carbonyl (C=O) groups is 1. The molecule has 0 aliphatic carbocycles. The molecule has 0 bridgehead atoms. The van der Waals surface area contributed by atoms with E-state index >= 15 is 0 Å². The van der Waals surface area contributed by atoms with Crippen LogP contribution in [0.3, 0.4) is 0 Å². The quantitative estimate of drug-likeness (QED) is 0.128. The van der Waals surface area contributed by atoms with Crippen LogP contribution in [0, 0.1) is 0 Å². The van der Waals surface area contributed by atoms with Crippen LogP contribution < -0.4 is 10.1 Å². The fourth-order valence-corrected chi connectivity index (χ4v) is 5.10. The van der Waals surface area contributed by atoms with Crippen molar-refractivity contribution in [1.82, 2.24) is 9.55 Å². The highest BCUT2D eigenvalue weighted by atomic mass is 32.2. The second-order valence-corrected chi connectivity index (χ2v) is 10.4. The number of nitrogens with one attached hydrogen (secondary N) is 1. The number of aromatic nitrogens is 2. The minimum atomic E-state index is -1.20. The van der Waals surface area contributed by atoms with Gasteiger partial charge in [0, 0.05) is 25.4 Å². The fourth-order valence-electron chi connectivity index (χ4n) is 3.98. The van der Waals surface area contributed by atoms with Crippen LogP contribution in [0.25, 0.3) is 17.2 Å². The highest BCUT2D eigenvalue weighted by Crippen LogP contribution is 2.24. The molecule has 1 N–H and O–H groups in total. The molecule has 1 unspecified atom stereocenters. The van der Waals surface area contributed by atoms with E-state index in [9.17, 15) is 9.35 Å². The van der Waals surface area contributed by atoms with Crippen molar-refractivity contribution in [1.29, 1.82) is 0 Å². The van der Waals surface area contributed by atoms with Crippen LogP contribution in [0.2, 0.25) is 0 Å². The van der Waals surface area contributed by atoms with Crippen LogP contribution in [-0.4, -0.2) is 40.3 Å². The topological polar surface area (TPSA) is 88.4 Å². The number of anilines is 1. The van der Waals surface area contributed by atoms with Crippen LogP contribution >= 0.6 is 0 Å². The Kier molecular flexibility index (Phi) is 10.4. The summed E-state index contributed by atoms with van der Waals surface area (Å²) in [7, 11) is 1.65. The molecule has 39 heavy (non-hydrogen) atoms. The van der Waals surface area contributed by atoms with E-state index < -0.39 is 11.2 Å². The lowest BCUT2D eigenvalue weighted by Crippen LogP contribution is -2.11. The summed E-state index contributed by atoms with van der Waals surface area (Å²) in [5.41, 5.74) is 4.60. The van der Waals surface area contributed by atoms with Crippen LogP contribution in [0.15, 0.2) is 96.3 Å². The number of hydrogen-bond acceptors (Lipinski definition) is 5. The van der Waals surface area contributed by atoms with Gasteiger partial charge in [-0.05, 0) is 82.8 Å². The van der Waals surface area contributed by atoms with Gasteiger partial charge in [0.15, 0.2) is 10.6 Å². The first-order valence-corrected chi connectivity index (χ1v) is 14.2. The standard InChI is InChI=1S/C31H33N3O4S/c1-3-17-34-23-32-21-28(34)22-39(36)30-14-10-27(11-15-30)33-31(35)16-7-24-5-4-6-26(20-24)25-8-12-29(13-9-25)38-19-18-37-2/h4-16,20-21,23H,3,17-19,22H2,1-2H3,(H,33,35)/b16-7+. The van der Waals surface area contributed by atoms with Crippen LogP contribution in [0.5, 0.6) is 5.75 Å². The molecule has 0 aliphatic heterocycles. The zero-order valence-electron chi connectivity index (χ0n) is 22.2. The third-order valence-corrected chi connectivity index (χ3v) is 7.34. The molecule has 4 rings (SSSR count). The Bertz CT molecular complexity index is 1370. The van der Waals surface area contributed by atoms with Crippen molar-refractivity contribution < 1.29 is 18.8 Å². The summed E-state index contributed by atoms with van der Waals surface area (Å²) in [6.07, 6.45) is 7.82. The number of aryl methyl sites for hydroxylation is 1. The number of carbonyl (C=O) groups excluding carboxylic acids is 1. The van der Waals surface area contributed by atoms with Crippen molar-refractivity contribution in [2.24, 2.45) is 0 Å². The molecule has 0 saturated heterocycles. The van der Waals surface area contributed by atoms with Crippen molar-refractivity contribution in [3.63, 3.8) is 0 Å². The first-order chi connectivity index (χ1) is 19.1. The Balaban J connectivity index is 1.32. The average molecular weight is 544 g/mol. The molecule has 7 nitrogen and oxygen atoms in total. The third-order valence-electron chi connectivity index (χ3n) is 5.98. The van der Waals surface area contributed by atoms with Crippen molar-refractivity contribution in [2.45, 2.75) is 30.5 Å². The largest absolute Gasteiger partial charge is 0.611 e. The van der Waals surface area contributed by atoms with Gasteiger partial charge in [-0.2, -0.15) is 0 Å². The van der Waals surface area contributed by atoms with Gasteiger partial charge in [-0.3, -0.25) is 4.79 Å². The summed E-state index contributed by atoms with van der Waals surface area (Å²) in [5.74, 6) is 0.956. The molecule has 8 heteroatoms. The van der Waals surface area contributed by atoms with Crippen molar-refractivity contribution in [3.05, 3.63) is 103 Å². The molecular weight excluding hydrogens is 510 g/mol. The third kappa shape index (κ3) is 8.32. The fraction of sp³-hybridized carbons (Fsp3) is 0.226. The zero-order valence-corrected chi connectivity index (χ0v) is 23.0. The van der Waals surface area contributed by atoms with Gasteiger partial charge in [-0.25, -0.2) is 4.98 Å². The van der Waals surface area contributed by atoms with Gasteiger partial charge in [0.25, 0.3) is 0 Å². The Morgan fingerprint density at radius 2 is 1.85 bits per heavy atom. The van der Waals surface area contributed by atoms with E-state index in [2.05, 4.69) is 17.2 Å². The Morgan fingerprint density at radius 1 is 1.05 bits per heavy atom. The lowest BCUT2D eigenvalue weighted by Gasteiger charge is -2.12. The SMILES string of the molecule is CCCn1cncc1C[S+]([O-])c1ccc(NC(=O)/C=C/c2cccc(-c3ccc(OCCOC)cc3)c2)cc1. The van der Waals surface area contributed by atoms with E-state index in [1.807, 2.05) is 53.1 Å². The summed E-state index contributed by atoms with van der Waals surface area (Å²) < 4.78 is 25.5. The molecule has 202 valence electrons. The summed E-state index contributed by atoms with van der Waals surface area (Å²) >= 11 is -1.20. The summed E-state index contributed by atoms with van der Waals surface area (Å²) in [5, 5.41) is 2.86. The Hall–Kier alpha value is -3.85. The smallest absolute Gasteiger partial charge is 0.248 e. The number of amides is 1. The van der Waals surface area contributed by atoms with Gasteiger partial charge in [0.1, 0.15) is 12.4 Å². The predicted molar refractivity (Wildman–Crippen MR) is 156 cm³/mol. The molecule has 1 aromatic heterocycles. The van der Waals surface area contributed by atoms with Crippen molar-refractivity contribution in [2.75, 3.05) is 25.6 Å². The number of benzene rings is 3. The molecule has 0 fully saturated rings. The number of nitrogens with zero attached hydrogens (tertiary/aromatic N) is 2. The lowest BCUT2D eigenvalue weighted by molar-refractivity contribution is -0.111. The lowest BCUT2D eigenvalue weighted by atomic mass is 10.0. The first-order valence-electron chi connectivity index (χ1n) is 12.8. The van der Waals surface area contributed by atoms with Gasteiger partial charge < -0.3 is 23.9 Å². The normalized spacial score (nSPS) is 12.0. The first kappa shape index (κ1) is 28.2. The average Bonchev–Trinajstić information content (AvgIpc) is 3.39. The summed E-state index contributed by atoms with van der Waals surface area (Å²) in [6.45, 7) is 4.01. The second kappa shape index (κ2) is 14.3. The maximum atomic E-state index is 12.8. The van der Waals surface area contributed by atoms with Gasteiger partial charge in [-0.15, -0.1) is 0 Å². The summed E-state index contributed by atoms with van der Waals surface area (Å²) in [6, 6.07) is 23.0. The van der Waals surface area contributed by atoms with E-state index in [0.29, 0.717) is 29.5 Å². The van der Waals surface area contributed by atoms with E-state index in [1.54, 1.807) is 50.0 Å². The number of ether oxygens (including phenoxy) is 2. The van der Waals surface area contributed by atoms with Crippen molar-refractivity contribution >= 4 is 28.8 Å². The Labute approximate surface area is 232 Å². The monoisotopic (exact) mass is 543 g/mol. The van der Waals surface area contributed by atoms with Gasteiger partial charge in [-0.1, -0.05) is 37.3 Å². The molecular formula is C31H33N3O4S. The minimum absolute atomic E-state index is 0.240. The molecule has 3 aromatic carbocycles. The number of hydrogen-bond donors (Lipinski definition) is 1. The van der Waals surface area contributed by atoms with Crippen LogP contribution in [0.4, 0.5) is 5.69 Å². The molecule has 1 amide bonds. The zero-order chi connectivity index (χ0) is 27.5. The maximum Gasteiger partial charge on any atom is 0.248 e. The summed E-state index contributed by atoms with van der Waals surface area (Å²) in [4.78, 5) is 17.4. The molecule has 1 heterocycles. The molecule has 0 radical (unpaired) electrons. The number of imidazole rings is 1. The van der Waals surface area contributed by atoms with E-state index in [-0.39, 0.29) is 5.91 Å². The van der Waals surface area contributed by atoms with Crippen LogP contribution in [0.1, 0.15) is 24.6 Å². The molecule has 0 aliphatic rings. The van der Waals surface area contributed by atoms with E-state index in [0.717, 1.165) is 41.1 Å². The highest BCUT2D eigenvalue weighted by molar-refractivity contribution is 7.90. The highest BCUT2D eigenvalue weighted by Gasteiger charge is 2.15. The second-order valence-electron chi connectivity index (χ2n) is 8.91. The number of methoxy groups -OCH3 is 1. The van der Waals surface area contributed by atoms with Gasteiger partial charge >= 0.3 is 0 Å². The Morgan fingerprint density at radius 3 is 2.59 bits per heavy atom. The maximum absolute atomic E-state index is 12.8. The molecule has 1 atom stereocenters. The molecule has 4 aromatic rings. The van der Waals surface area contributed by atoms with E-state index in [1.165, 1.54) is 6.08 Å². The van der Waals surface area contributed by atoms with Gasteiger partial charge in [0.2, 0.25) is 5.91 Å². The number of rotatable bonds is 13. The molecule has 0 spiro atoms. The van der Waals surface area contributed by atoms with Crippen LogP contribution in [-0.2, 0) is 33.0 Å². The minimum Gasteiger partial charge on any atom is -0.611 e. The van der Waals surface area contributed by atoms with Crippen molar-refractivity contribution in [3.8, 4) is 16.9 Å².